The lowest BCUT2D eigenvalue weighted by molar-refractivity contribution is -0.134. The number of nitrogens with zero attached hydrogens (tertiary/aromatic N) is 1. The van der Waals surface area contributed by atoms with Crippen LogP contribution in [0.25, 0.3) is 0 Å². The number of amides is 2. The molecule has 0 aliphatic carbocycles. The average molecular weight is 344 g/mol. The summed E-state index contributed by atoms with van der Waals surface area (Å²) in [7, 11) is 1.70. The highest BCUT2D eigenvalue weighted by molar-refractivity contribution is 6.01. The second-order valence-electron chi connectivity index (χ2n) is 6.60. The summed E-state index contributed by atoms with van der Waals surface area (Å²) >= 11 is 0. The van der Waals surface area contributed by atoms with E-state index in [1.165, 1.54) is 12.1 Å². The Bertz CT molecular complexity index is 607. The second kappa shape index (κ2) is 7.27. The highest BCUT2D eigenvalue weighted by Gasteiger charge is 2.34. The molecule has 1 unspecified atom stereocenters. The van der Waals surface area contributed by atoms with Gasteiger partial charge in [0.1, 0.15) is 5.82 Å². The Morgan fingerprint density at radius 1 is 1.48 bits per heavy atom. The molecule has 128 valence electrons. The van der Waals surface area contributed by atoms with E-state index in [0.29, 0.717) is 24.3 Å². The molecule has 0 spiro atoms. The number of benzene rings is 1. The molecular formula is C16H23ClFN3O2. The minimum absolute atomic E-state index is 0. The van der Waals surface area contributed by atoms with Crippen LogP contribution >= 0.6 is 12.4 Å². The maximum atomic E-state index is 13.3. The van der Waals surface area contributed by atoms with E-state index in [0.717, 1.165) is 0 Å². The molecule has 0 bridgehead atoms. The Balaban J connectivity index is 0.00000264. The van der Waals surface area contributed by atoms with Crippen molar-refractivity contribution in [1.82, 2.24) is 4.90 Å². The molecule has 2 amide bonds. The zero-order valence-corrected chi connectivity index (χ0v) is 14.4. The summed E-state index contributed by atoms with van der Waals surface area (Å²) in [6.07, 6.45) is 0.0743. The van der Waals surface area contributed by atoms with Crippen molar-refractivity contribution in [3.05, 3.63) is 29.6 Å². The molecule has 5 nitrogen and oxygen atoms in total. The molecule has 23 heavy (non-hydrogen) atoms. The summed E-state index contributed by atoms with van der Waals surface area (Å²) in [6.45, 7) is 4.91. The molecule has 1 aliphatic heterocycles. The number of halogens is 2. The molecule has 1 atom stereocenters. The first-order valence-electron chi connectivity index (χ1n) is 7.28. The van der Waals surface area contributed by atoms with Crippen molar-refractivity contribution in [1.29, 1.82) is 0 Å². The van der Waals surface area contributed by atoms with Crippen LogP contribution in [0.5, 0.6) is 0 Å². The topological polar surface area (TPSA) is 75.4 Å². The number of nitrogens with two attached hydrogens (primary N) is 1. The van der Waals surface area contributed by atoms with E-state index in [1.54, 1.807) is 18.0 Å². The first-order valence-corrected chi connectivity index (χ1v) is 7.28. The van der Waals surface area contributed by atoms with Gasteiger partial charge in [-0.2, -0.15) is 0 Å². The zero-order valence-electron chi connectivity index (χ0n) is 13.6. The number of hydrogen-bond donors (Lipinski definition) is 2. The Hall–Kier alpha value is -1.66. The summed E-state index contributed by atoms with van der Waals surface area (Å²) in [5, 5.41) is 2.61. The van der Waals surface area contributed by atoms with E-state index in [9.17, 15) is 14.0 Å². The van der Waals surface area contributed by atoms with Gasteiger partial charge in [-0.15, -0.1) is 12.4 Å². The van der Waals surface area contributed by atoms with Gasteiger partial charge in [0, 0.05) is 25.7 Å². The lowest BCUT2D eigenvalue weighted by Crippen LogP contribution is -2.43. The Morgan fingerprint density at radius 3 is 2.74 bits per heavy atom. The summed E-state index contributed by atoms with van der Waals surface area (Å²) in [6, 6.07) is 4.12. The number of hydrogen-bond acceptors (Lipinski definition) is 3. The van der Waals surface area contributed by atoms with Crippen LogP contribution in [-0.4, -0.2) is 36.9 Å². The second-order valence-corrected chi connectivity index (χ2v) is 6.60. The van der Waals surface area contributed by atoms with Gasteiger partial charge < -0.3 is 16.0 Å². The molecule has 1 aromatic rings. The van der Waals surface area contributed by atoms with Gasteiger partial charge in [-0.1, -0.05) is 19.9 Å². The van der Waals surface area contributed by atoms with Crippen LogP contribution in [-0.2, 0) is 9.59 Å². The fourth-order valence-electron chi connectivity index (χ4n) is 2.71. The number of fused-ring (bicyclic) bond motifs is 1. The van der Waals surface area contributed by atoms with Gasteiger partial charge in [-0.05, 0) is 29.7 Å². The summed E-state index contributed by atoms with van der Waals surface area (Å²) < 4.78 is 13.3. The maximum Gasteiger partial charge on any atom is 0.230 e. The highest BCUT2D eigenvalue weighted by atomic mass is 35.5. The number of likely N-dealkylation sites (N-methyl/N-ethyl adjacent to an activating group) is 1. The number of carbonyl (C=O) groups excluding carboxylic acids is 2. The molecule has 7 heteroatoms. The Labute approximate surface area is 141 Å². The van der Waals surface area contributed by atoms with Gasteiger partial charge in [-0.3, -0.25) is 9.59 Å². The van der Waals surface area contributed by atoms with E-state index in [-0.39, 0.29) is 36.1 Å². The number of carbonyl (C=O) groups is 2. The third-order valence-electron chi connectivity index (χ3n) is 3.95. The van der Waals surface area contributed by atoms with Crippen molar-refractivity contribution in [2.24, 2.45) is 11.1 Å². The SMILES string of the molecule is CN(CC(C)(C)CN)C(=O)C1CC(=O)Nc2cc(F)ccc21.Cl. The van der Waals surface area contributed by atoms with Crippen LogP contribution in [0, 0.1) is 11.2 Å². The van der Waals surface area contributed by atoms with Crippen LogP contribution in [0.4, 0.5) is 10.1 Å². The molecule has 1 aromatic carbocycles. The molecular weight excluding hydrogens is 321 g/mol. The lowest BCUT2D eigenvalue weighted by Gasteiger charge is -2.33. The van der Waals surface area contributed by atoms with Crippen LogP contribution < -0.4 is 11.1 Å². The number of anilines is 1. The van der Waals surface area contributed by atoms with Gasteiger partial charge in [0.2, 0.25) is 11.8 Å². The van der Waals surface area contributed by atoms with Crippen molar-refractivity contribution in [2.75, 3.05) is 25.5 Å². The zero-order chi connectivity index (χ0) is 16.5. The molecule has 1 aliphatic rings. The van der Waals surface area contributed by atoms with Gasteiger partial charge in [0.25, 0.3) is 0 Å². The van der Waals surface area contributed by atoms with Crippen molar-refractivity contribution < 1.29 is 14.0 Å². The molecule has 2 rings (SSSR count). The predicted molar refractivity (Wildman–Crippen MR) is 90.1 cm³/mol. The molecule has 0 saturated carbocycles. The smallest absolute Gasteiger partial charge is 0.230 e. The third kappa shape index (κ3) is 4.42. The van der Waals surface area contributed by atoms with Crippen LogP contribution in [0.15, 0.2) is 18.2 Å². The van der Waals surface area contributed by atoms with E-state index < -0.39 is 11.7 Å². The minimum atomic E-state index is -0.581. The van der Waals surface area contributed by atoms with E-state index >= 15 is 0 Å². The van der Waals surface area contributed by atoms with Crippen molar-refractivity contribution >= 4 is 29.9 Å². The monoisotopic (exact) mass is 343 g/mol. The summed E-state index contributed by atoms with van der Waals surface area (Å²) in [5.74, 6) is -1.44. The van der Waals surface area contributed by atoms with E-state index in [4.69, 9.17) is 5.73 Å². The fourth-order valence-corrected chi connectivity index (χ4v) is 2.71. The summed E-state index contributed by atoms with van der Waals surface area (Å²) in [5.41, 5.74) is 6.54. The van der Waals surface area contributed by atoms with E-state index in [1.807, 2.05) is 13.8 Å². The van der Waals surface area contributed by atoms with Crippen LogP contribution in [0.2, 0.25) is 0 Å². The van der Waals surface area contributed by atoms with E-state index in [2.05, 4.69) is 5.32 Å². The molecule has 1 heterocycles. The number of rotatable bonds is 4. The third-order valence-corrected chi connectivity index (χ3v) is 3.95. The predicted octanol–water partition coefficient (Wildman–Crippen LogP) is 2.12. The quantitative estimate of drug-likeness (QED) is 0.879. The maximum absolute atomic E-state index is 13.3. The minimum Gasteiger partial charge on any atom is -0.345 e. The molecule has 0 fully saturated rings. The molecule has 3 N–H and O–H groups in total. The van der Waals surface area contributed by atoms with Gasteiger partial charge >= 0.3 is 0 Å². The normalized spacial score (nSPS) is 16.9. The lowest BCUT2D eigenvalue weighted by atomic mass is 9.88. The summed E-state index contributed by atoms with van der Waals surface area (Å²) in [4.78, 5) is 26.1. The Kier molecular flexibility index (Phi) is 6.13. The largest absolute Gasteiger partial charge is 0.345 e. The highest BCUT2D eigenvalue weighted by Crippen LogP contribution is 2.34. The molecule has 0 radical (unpaired) electrons. The van der Waals surface area contributed by atoms with Crippen molar-refractivity contribution in [3.8, 4) is 0 Å². The van der Waals surface area contributed by atoms with Gasteiger partial charge in [0.15, 0.2) is 0 Å². The molecule has 0 saturated heterocycles. The van der Waals surface area contributed by atoms with Crippen molar-refractivity contribution in [2.45, 2.75) is 26.2 Å². The van der Waals surface area contributed by atoms with Crippen LogP contribution in [0.1, 0.15) is 31.7 Å². The fraction of sp³-hybridized carbons (Fsp3) is 0.500. The first-order chi connectivity index (χ1) is 10.2. The average Bonchev–Trinajstić information content (AvgIpc) is 2.44. The first kappa shape index (κ1) is 19.4. The van der Waals surface area contributed by atoms with Gasteiger partial charge in [0.05, 0.1) is 5.92 Å². The van der Waals surface area contributed by atoms with Gasteiger partial charge in [-0.25, -0.2) is 4.39 Å². The van der Waals surface area contributed by atoms with Crippen LogP contribution in [0.3, 0.4) is 0 Å². The Morgan fingerprint density at radius 2 is 2.13 bits per heavy atom. The van der Waals surface area contributed by atoms with Crippen molar-refractivity contribution in [3.63, 3.8) is 0 Å². The number of nitrogens with one attached hydrogen (secondary N) is 1. The standard InChI is InChI=1S/C16H22FN3O2.ClH/c1-16(2,8-18)9-20(3)15(22)12-7-14(21)19-13-6-10(17)4-5-11(12)13;/h4-6,12H,7-9,18H2,1-3H3,(H,19,21);1H. The molecule has 0 aromatic heterocycles.